The number of benzene rings is 2. The zero-order valence-electron chi connectivity index (χ0n) is 15.5. The Morgan fingerprint density at radius 1 is 1.33 bits per heavy atom. The number of ether oxygens (including phenoxy) is 3. The summed E-state index contributed by atoms with van der Waals surface area (Å²) in [5.74, 6) is 1.39. The molecule has 0 saturated heterocycles. The zero-order chi connectivity index (χ0) is 19.2. The molecule has 0 spiro atoms. The Morgan fingerprint density at radius 2 is 2.15 bits per heavy atom. The van der Waals surface area contributed by atoms with Crippen LogP contribution in [0.4, 0.5) is 5.69 Å². The van der Waals surface area contributed by atoms with E-state index in [9.17, 15) is 4.79 Å². The third kappa shape index (κ3) is 4.91. The van der Waals surface area contributed by atoms with Crippen molar-refractivity contribution in [3.63, 3.8) is 0 Å². The highest BCUT2D eigenvalue weighted by molar-refractivity contribution is 6.30. The van der Waals surface area contributed by atoms with Gasteiger partial charge >= 0.3 is 0 Å². The zero-order valence-corrected chi connectivity index (χ0v) is 16.3. The molecule has 2 aromatic carbocycles. The van der Waals surface area contributed by atoms with Gasteiger partial charge in [0.2, 0.25) is 0 Å². The van der Waals surface area contributed by atoms with Gasteiger partial charge in [-0.25, -0.2) is 0 Å². The fraction of sp³-hybridized carbons (Fsp3) is 0.350. The number of nitrogens with one attached hydrogen (secondary N) is 2. The van der Waals surface area contributed by atoms with Crippen molar-refractivity contribution in [2.45, 2.75) is 20.1 Å². The number of fused-ring (bicyclic) bond motifs is 1. The van der Waals surface area contributed by atoms with E-state index in [0.29, 0.717) is 36.2 Å². The molecule has 1 heterocycles. The van der Waals surface area contributed by atoms with Crippen LogP contribution in [-0.2, 0) is 22.7 Å². The Kier molecular flexibility index (Phi) is 6.55. The molecule has 1 unspecified atom stereocenters. The van der Waals surface area contributed by atoms with Gasteiger partial charge < -0.3 is 24.4 Å². The SMILES string of the molecule is CC[NH+](CC(=O)Nc1ccccc1OC)Cc1cc(Cl)cc2c1OCOC2. The second kappa shape index (κ2) is 9.08. The summed E-state index contributed by atoms with van der Waals surface area (Å²) in [5, 5.41) is 3.57. The van der Waals surface area contributed by atoms with Gasteiger partial charge in [-0.15, -0.1) is 0 Å². The van der Waals surface area contributed by atoms with Crippen molar-refractivity contribution in [3.8, 4) is 11.5 Å². The van der Waals surface area contributed by atoms with Gasteiger partial charge in [-0.1, -0.05) is 23.7 Å². The van der Waals surface area contributed by atoms with Gasteiger partial charge in [0.05, 0.1) is 31.5 Å². The Balaban J connectivity index is 1.69. The molecule has 1 amide bonds. The third-order valence-electron chi connectivity index (χ3n) is 4.48. The second-order valence-corrected chi connectivity index (χ2v) is 6.81. The lowest BCUT2D eigenvalue weighted by Crippen LogP contribution is -3.11. The maximum Gasteiger partial charge on any atom is 0.279 e. The van der Waals surface area contributed by atoms with Crippen molar-refractivity contribution in [2.75, 3.05) is 32.3 Å². The van der Waals surface area contributed by atoms with Gasteiger partial charge in [-0.3, -0.25) is 4.79 Å². The van der Waals surface area contributed by atoms with Crippen molar-refractivity contribution >= 4 is 23.2 Å². The van der Waals surface area contributed by atoms with E-state index in [4.69, 9.17) is 25.8 Å². The van der Waals surface area contributed by atoms with Crippen LogP contribution in [0.5, 0.6) is 11.5 Å². The fourth-order valence-electron chi connectivity index (χ4n) is 3.14. The number of hydrogen-bond donors (Lipinski definition) is 2. The number of para-hydroxylation sites is 2. The van der Waals surface area contributed by atoms with Crippen LogP contribution in [0.15, 0.2) is 36.4 Å². The van der Waals surface area contributed by atoms with E-state index in [0.717, 1.165) is 28.3 Å². The number of carbonyl (C=O) groups excluding carboxylic acids is 1. The molecule has 6 nitrogen and oxygen atoms in total. The molecule has 0 aromatic heterocycles. The molecule has 0 aliphatic carbocycles. The Morgan fingerprint density at radius 3 is 2.93 bits per heavy atom. The number of quaternary nitrogens is 1. The summed E-state index contributed by atoms with van der Waals surface area (Å²) in [4.78, 5) is 13.6. The lowest BCUT2D eigenvalue weighted by molar-refractivity contribution is -0.903. The first-order chi connectivity index (χ1) is 13.1. The van der Waals surface area contributed by atoms with E-state index in [-0.39, 0.29) is 12.7 Å². The number of amides is 1. The van der Waals surface area contributed by atoms with Crippen LogP contribution in [0.1, 0.15) is 18.1 Å². The van der Waals surface area contributed by atoms with E-state index in [1.807, 2.05) is 43.3 Å². The van der Waals surface area contributed by atoms with Crippen molar-refractivity contribution in [1.82, 2.24) is 0 Å². The van der Waals surface area contributed by atoms with E-state index in [2.05, 4.69) is 5.32 Å². The van der Waals surface area contributed by atoms with Crippen molar-refractivity contribution in [3.05, 3.63) is 52.5 Å². The number of rotatable bonds is 7. The number of methoxy groups -OCH3 is 1. The van der Waals surface area contributed by atoms with Crippen LogP contribution in [0, 0.1) is 0 Å². The normalized spacial score (nSPS) is 14.0. The average molecular weight is 392 g/mol. The van der Waals surface area contributed by atoms with Crippen molar-refractivity contribution in [2.24, 2.45) is 0 Å². The summed E-state index contributed by atoms with van der Waals surface area (Å²) < 4.78 is 16.3. The van der Waals surface area contributed by atoms with E-state index in [1.165, 1.54) is 0 Å². The maximum absolute atomic E-state index is 12.5. The molecule has 0 radical (unpaired) electrons. The van der Waals surface area contributed by atoms with Crippen LogP contribution in [0.2, 0.25) is 5.02 Å². The number of carbonyl (C=O) groups is 1. The van der Waals surface area contributed by atoms with Gasteiger partial charge in [0, 0.05) is 10.6 Å². The fourth-order valence-corrected chi connectivity index (χ4v) is 3.40. The molecule has 0 bridgehead atoms. The Hall–Kier alpha value is -2.28. The monoisotopic (exact) mass is 391 g/mol. The molecule has 1 aliphatic heterocycles. The third-order valence-corrected chi connectivity index (χ3v) is 4.70. The summed E-state index contributed by atoms with van der Waals surface area (Å²) in [5.41, 5.74) is 2.60. The maximum atomic E-state index is 12.5. The van der Waals surface area contributed by atoms with Crippen LogP contribution < -0.4 is 19.7 Å². The number of anilines is 1. The van der Waals surface area contributed by atoms with Crippen molar-refractivity contribution < 1.29 is 23.9 Å². The van der Waals surface area contributed by atoms with Gasteiger partial charge in [0.15, 0.2) is 13.3 Å². The quantitative estimate of drug-likeness (QED) is 0.760. The lowest BCUT2D eigenvalue weighted by atomic mass is 10.1. The highest BCUT2D eigenvalue weighted by Gasteiger charge is 2.21. The highest BCUT2D eigenvalue weighted by Crippen LogP contribution is 2.31. The number of hydrogen-bond acceptors (Lipinski definition) is 4. The van der Waals surface area contributed by atoms with Crippen molar-refractivity contribution in [1.29, 1.82) is 0 Å². The topological polar surface area (TPSA) is 61.2 Å². The molecular weight excluding hydrogens is 368 g/mol. The first-order valence-corrected chi connectivity index (χ1v) is 9.26. The number of halogens is 1. The molecule has 7 heteroatoms. The van der Waals surface area contributed by atoms with Crippen LogP contribution in [-0.4, -0.2) is 32.9 Å². The summed E-state index contributed by atoms with van der Waals surface area (Å²) >= 11 is 6.24. The van der Waals surface area contributed by atoms with Gasteiger partial charge in [0.25, 0.3) is 5.91 Å². The van der Waals surface area contributed by atoms with Crippen LogP contribution >= 0.6 is 11.6 Å². The minimum absolute atomic E-state index is 0.0727. The van der Waals surface area contributed by atoms with E-state index < -0.39 is 0 Å². The lowest BCUT2D eigenvalue weighted by Gasteiger charge is -2.23. The minimum Gasteiger partial charge on any atom is -0.495 e. The summed E-state index contributed by atoms with van der Waals surface area (Å²) in [6, 6.07) is 11.1. The molecule has 2 aromatic rings. The molecular formula is C20H24ClN2O4+. The minimum atomic E-state index is -0.0727. The van der Waals surface area contributed by atoms with E-state index in [1.54, 1.807) is 7.11 Å². The van der Waals surface area contributed by atoms with Crippen LogP contribution in [0.25, 0.3) is 0 Å². The van der Waals surface area contributed by atoms with Gasteiger partial charge in [-0.05, 0) is 31.2 Å². The van der Waals surface area contributed by atoms with Gasteiger partial charge in [-0.2, -0.15) is 0 Å². The molecule has 0 fully saturated rings. The molecule has 2 N–H and O–H groups in total. The molecule has 1 aliphatic rings. The van der Waals surface area contributed by atoms with Crippen LogP contribution in [0.3, 0.4) is 0 Å². The Labute approximate surface area is 164 Å². The largest absolute Gasteiger partial charge is 0.495 e. The molecule has 144 valence electrons. The first-order valence-electron chi connectivity index (χ1n) is 8.89. The second-order valence-electron chi connectivity index (χ2n) is 6.37. The standard InChI is InChI=1S/C20H23ClN2O4/c1-3-23(11-19(24)22-17-6-4-5-7-18(17)25-2)10-14-8-16(21)9-15-12-26-13-27-20(14)15/h4-9H,3,10-13H2,1-2H3,(H,22,24)/p+1. The predicted molar refractivity (Wildman–Crippen MR) is 103 cm³/mol. The molecule has 0 saturated carbocycles. The summed E-state index contributed by atoms with van der Waals surface area (Å²) in [7, 11) is 1.58. The molecule has 3 rings (SSSR count). The van der Waals surface area contributed by atoms with E-state index >= 15 is 0 Å². The summed E-state index contributed by atoms with van der Waals surface area (Å²) in [6.45, 7) is 4.52. The smallest absolute Gasteiger partial charge is 0.279 e. The highest BCUT2D eigenvalue weighted by atomic mass is 35.5. The Bertz CT molecular complexity index is 813. The first kappa shape index (κ1) is 19.5. The summed E-state index contributed by atoms with van der Waals surface area (Å²) in [6.07, 6.45) is 0. The predicted octanol–water partition coefficient (Wildman–Crippen LogP) is 2.26. The molecule has 27 heavy (non-hydrogen) atoms. The van der Waals surface area contributed by atoms with Gasteiger partial charge in [0.1, 0.15) is 18.0 Å². The molecule has 1 atom stereocenters. The number of likely N-dealkylation sites (N-methyl/N-ethyl adjacent to an activating group) is 1. The average Bonchev–Trinajstić information content (AvgIpc) is 2.67.